The molecule has 2 aromatic rings. The number of aliphatic hydroxyl groups is 3. The number of urea groups is 1. The zero-order chi connectivity index (χ0) is 33.6. The fraction of sp³-hybridized carbons (Fsp3) is 0.647. The van der Waals surface area contributed by atoms with Gasteiger partial charge in [0.25, 0.3) is 0 Å². The molecule has 1 aliphatic rings. The quantitative estimate of drug-likeness (QED) is 0.154. The monoisotopic (exact) mass is 642 g/mol. The van der Waals surface area contributed by atoms with E-state index in [1.807, 2.05) is 44.2 Å². The van der Waals surface area contributed by atoms with Crippen LogP contribution in [0.5, 0.6) is 0 Å². The molecule has 0 spiro atoms. The van der Waals surface area contributed by atoms with Crippen molar-refractivity contribution in [1.82, 2.24) is 30.4 Å². The molecule has 6 N–H and O–H groups in total. The van der Waals surface area contributed by atoms with Crippen LogP contribution in [0.25, 0.3) is 0 Å². The second-order valence-electron chi connectivity index (χ2n) is 13.1. The number of amides is 4. The van der Waals surface area contributed by atoms with Crippen LogP contribution in [0.4, 0.5) is 4.79 Å². The predicted octanol–water partition coefficient (Wildman–Crippen LogP) is 2.25. The first kappa shape index (κ1) is 37.0. The summed E-state index contributed by atoms with van der Waals surface area (Å²) < 4.78 is 0. The van der Waals surface area contributed by atoms with E-state index in [1.165, 1.54) is 29.6 Å². The number of benzene rings is 1. The molecule has 12 nitrogen and oxygen atoms in total. The highest BCUT2D eigenvalue weighted by atomic mass is 16.3. The van der Waals surface area contributed by atoms with Gasteiger partial charge in [0, 0.05) is 51.8 Å². The molecule has 4 amide bonds. The molecular formula is C34H54N6O6. The Bertz CT molecular complexity index is 1190. The Balaban J connectivity index is 1.88. The predicted molar refractivity (Wildman–Crippen MR) is 176 cm³/mol. The molecule has 0 aliphatic heterocycles. The van der Waals surface area contributed by atoms with Gasteiger partial charge >= 0.3 is 6.03 Å². The first-order valence-corrected chi connectivity index (χ1v) is 16.6. The van der Waals surface area contributed by atoms with Crippen LogP contribution in [-0.2, 0) is 22.4 Å². The number of likely N-dealkylation sites (N-methyl/N-ethyl adjacent to an activating group) is 2. The standard InChI is InChI=1S/C34H54N6O6/c1-23(2)30(42)20-31(43)27(17-24-11-7-5-8-12-24)37-32(44)29(19-26-21-35-22-36-26)40(4)33(45)28(18-25-13-9-6-10-14-25)38-34(46)39(3)15-16-41/h6,9-10,13-14,21-24,27-31,41-43H,5,7-8,11-12,15-20H2,1-4H3,(H,35,36)(H,37,44)(H,38,46)/t27-,28-,29-,30-,31-/m0/s1. The number of nitrogens with one attached hydrogen (secondary N) is 3. The van der Waals surface area contributed by atoms with Crippen LogP contribution in [0.2, 0.25) is 0 Å². The summed E-state index contributed by atoms with van der Waals surface area (Å²) in [5, 5.41) is 37.0. The van der Waals surface area contributed by atoms with Gasteiger partial charge in [-0.1, -0.05) is 76.3 Å². The van der Waals surface area contributed by atoms with Crippen molar-refractivity contribution < 1.29 is 29.7 Å². The van der Waals surface area contributed by atoms with Crippen molar-refractivity contribution in [2.75, 3.05) is 27.2 Å². The number of imidazole rings is 1. The Hall–Kier alpha value is -3.48. The van der Waals surface area contributed by atoms with E-state index in [0.717, 1.165) is 31.2 Å². The van der Waals surface area contributed by atoms with Crippen LogP contribution in [0.1, 0.15) is 70.1 Å². The average molecular weight is 643 g/mol. The van der Waals surface area contributed by atoms with Crippen molar-refractivity contribution in [3.8, 4) is 0 Å². The Labute approximate surface area is 273 Å². The molecule has 1 fully saturated rings. The van der Waals surface area contributed by atoms with E-state index in [1.54, 1.807) is 13.2 Å². The number of carbonyl (C=O) groups is 3. The summed E-state index contributed by atoms with van der Waals surface area (Å²) in [6.45, 7) is 3.64. The van der Waals surface area contributed by atoms with Gasteiger partial charge in [-0.05, 0) is 23.8 Å². The topological polar surface area (TPSA) is 171 Å². The highest BCUT2D eigenvalue weighted by Gasteiger charge is 2.36. The molecule has 3 rings (SSSR count). The van der Waals surface area contributed by atoms with Crippen molar-refractivity contribution in [2.24, 2.45) is 11.8 Å². The van der Waals surface area contributed by atoms with Gasteiger partial charge < -0.3 is 40.7 Å². The molecule has 256 valence electrons. The molecule has 0 unspecified atom stereocenters. The van der Waals surface area contributed by atoms with Gasteiger partial charge in [0.15, 0.2) is 0 Å². The van der Waals surface area contributed by atoms with E-state index in [-0.39, 0.29) is 38.3 Å². The third kappa shape index (κ3) is 11.4. The maximum Gasteiger partial charge on any atom is 0.317 e. The number of nitrogens with zero attached hydrogens (tertiary/aromatic N) is 3. The van der Waals surface area contributed by atoms with Crippen molar-refractivity contribution in [3.63, 3.8) is 0 Å². The summed E-state index contributed by atoms with van der Waals surface area (Å²) >= 11 is 0. The molecule has 1 heterocycles. The van der Waals surface area contributed by atoms with Crippen LogP contribution >= 0.6 is 0 Å². The lowest BCUT2D eigenvalue weighted by Gasteiger charge is -2.35. The second-order valence-corrected chi connectivity index (χ2v) is 13.1. The summed E-state index contributed by atoms with van der Waals surface area (Å²) in [5.41, 5.74) is 1.47. The van der Waals surface area contributed by atoms with Gasteiger partial charge in [-0.2, -0.15) is 0 Å². The minimum absolute atomic E-state index is 0.0502. The van der Waals surface area contributed by atoms with Crippen molar-refractivity contribution in [1.29, 1.82) is 0 Å². The molecule has 1 saturated carbocycles. The lowest BCUT2D eigenvalue weighted by atomic mass is 9.82. The molecule has 0 bridgehead atoms. The van der Waals surface area contributed by atoms with Gasteiger partial charge in [-0.15, -0.1) is 0 Å². The van der Waals surface area contributed by atoms with Crippen molar-refractivity contribution in [2.45, 2.75) is 102 Å². The van der Waals surface area contributed by atoms with E-state index in [0.29, 0.717) is 18.0 Å². The van der Waals surface area contributed by atoms with Crippen LogP contribution in [0, 0.1) is 11.8 Å². The van der Waals surface area contributed by atoms with Crippen LogP contribution in [0.15, 0.2) is 42.9 Å². The maximum absolute atomic E-state index is 14.2. The highest BCUT2D eigenvalue weighted by molar-refractivity contribution is 5.92. The van der Waals surface area contributed by atoms with Gasteiger partial charge in [0.2, 0.25) is 11.8 Å². The summed E-state index contributed by atoms with van der Waals surface area (Å²) in [5.74, 6) is -0.608. The first-order valence-electron chi connectivity index (χ1n) is 16.6. The third-order valence-corrected chi connectivity index (χ3v) is 9.10. The molecule has 46 heavy (non-hydrogen) atoms. The number of hydrogen-bond donors (Lipinski definition) is 6. The molecule has 5 atom stereocenters. The molecule has 1 aromatic heterocycles. The minimum atomic E-state index is -0.997. The van der Waals surface area contributed by atoms with E-state index >= 15 is 0 Å². The summed E-state index contributed by atoms with van der Waals surface area (Å²) in [6, 6.07) is 6.17. The number of aromatic nitrogens is 2. The van der Waals surface area contributed by atoms with E-state index in [2.05, 4.69) is 20.6 Å². The molecule has 0 saturated heterocycles. The van der Waals surface area contributed by atoms with Gasteiger partial charge in [-0.3, -0.25) is 9.59 Å². The fourth-order valence-electron chi connectivity index (χ4n) is 6.03. The fourth-order valence-corrected chi connectivity index (χ4v) is 6.03. The molecule has 1 aliphatic carbocycles. The number of carbonyl (C=O) groups excluding carboxylic acids is 3. The van der Waals surface area contributed by atoms with Gasteiger partial charge in [0.05, 0.1) is 31.2 Å². The van der Waals surface area contributed by atoms with E-state index in [9.17, 15) is 29.7 Å². The number of aliphatic hydroxyl groups excluding tert-OH is 3. The molecule has 1 aromatic carbocycles. The Kier molecular flexibility index (Phi) is 15.0. The second kappa shape index (κ2) is 18.6. The smallest absolute Gasteiger partial charge is 0.317 e. The Morgan fingerprint density at radius 3 is 2.30 bits per heavy atom. The summed E-state index contributed by atoms with van der Waals surface area (Å²) in [6.07, 6.45) is 7.87. The number of H-pyrrole nitrogens is 1. The molecule has 12 heteroatoms. The summed E-state index contributed by atoms with van der Waals surface area (Å²) in [7, 11) is 3.07. The van der Waals surface area contributed by atoms with E-state index in [4.69, 9.17) is 0 Å². The normalized spacial score (nSPS) is 17.0. The van der Waals surface area contributed by atoms with Crippen LogP contribution < -0.4 is 10.6 Å². The van der Waals surface area contributed by atoms with Crippen molar-refractivity contribution >= 4 is 17.8 Å². The van der Waals surface area contributed by atoms with Crippen LogP contribution in [-0.4, -0.2) is 111 Å². The molecular weight excluding hydrogens is 588 g/mol. The zero-order valence-electron chi connectivity index (χ0n) is 27.8. The third-order valence-electron chi connectivity index (χ3n) is 9.10. The maximum atomic E-state index is 14.2. The highest BCUT2D eigenvalue weighted by Crippen LogP contribution is 2.29. The Morgan fingerprint density at radius 2 is 1.70 bits per heavy atom. The summed E-state index contributed by atoms with van der Waals surface area (Å²) in [4.78, 5) is 51.0. The Morgan fingerprint density at radius 1 is 1.00 bits per heavy atom. The largest absolute Gasteiger partial charge is 0.395 e. The molecule has 0 radical (unpaired) electrons. The van der Waals surface area contributed by atoms with Gasteiger partial charge in [0.1, 0.15) is 12.1 Å². The minimum Gasteiger partial charge on any atom is -0.395 e. The van der Waals surface area contributed by atoms with E-state index < -0.39 is 48.2 Å². The average Bonchev–Trinajstić information content (AvgIpc) is 3.56. The first-order chi connectivity index (χ1) is 22.0. The lowest BCUT2D eigenvalue weighted by Crippen LogP contribution is -2.58. The zero-order valence-corrected chi connectivity index (χ0v) is 27.8. The van der Waals surface area contributed by atoms with Gasteiger partial charge in [-0.25, -0.2) is 9.78 Å². The number of hydrogen-bond acceptors (Lipinski definition) is 7. The number of rotatable bonds is 17. The number of aromatic amines is 1. The SMILES string of the molecule is CC(C)[C@@H](O)C[C@H](O)[C@H](CC1CCCCC1)NC(=O)[C@H](Cc1cnc[nH]1)N(C)C(=O)[C@H](Cc1ccccc1)NC(=O)N(C)CCO. The van der Waals surface area contributed by atoms with Crippen molar-refractivity contribution in [3.05, 3.63) is 54.1 Å². The lowest BCUT2D eigenvalue weighted by molar-refractivity contribution is -0.141. The van der Waals surface area contributed by atoms with Crippen LogP contribution in [0.3, 0.4) is 0 Å².